The second-order valence-electron chi connectivity index (χ2n) is 4.57. The highest BCUT2D eigenvalue weighted by atomic mass is 19.1. The largest absolute Gasteiger partial charge is 0.480 e. The summed E-state index contributed by atoms with van der Waals surface area (Å²) in [5.74, 6) is -1.93. The van der Waals surface area contributed by atoms with E-state index in [0.29, 0.717) is 12.0 Å². The molecule has 4 nitrogen and oxygen atoms in total. The molecule has 0 bridgehead atoms. The molecule has 5 heteroatoms. The fourth-order valence-corrected chi connectivity index (χ4v) is 1.70. The molecule has 0 saturated heterocycles. The standard InChI is InChI=1S/C14H18FNO3/c1-3-9(2)13(14(18)19)16-12(17)8-10-4-6-11(15)7-5-10/h4-7,9,13H,3,8H2,1-2H3,(H,16,17)(H,18,19)/t9-,13+/m1/s1. The molecular formula is C14H18FNO3. The van der Waals surface area contributed by atoms with Crippen LogP contribution in [0.4, 0.5) is 4.39 Å². The summed E-state index contributed by atoms with van der Waals surface area (Å²) in [5.41, 5.74) is 0.646. The number of benzene rings is 1. The zero-order valence-electron chi connectivity index (χ0n) is 11.0. The van der Waals surface area contributed by atoms with Crippen molar-refractivity contribution in [3.05, 3.63) is 35.6 Å². The van der Waals surface area contributed by atoms with Gasteiger partial charge in [0.15, 0.2) is 0 Å². The van der Waals surface area contributed by atoms with Crippen molar-refractivity contribution in [1.29, 1.82) is 0 Å². The van der Waals surface area contributed by atoms with Gasteiger partial charge in [-0.15, -0.1) is 0 Å². The molecule has 2 N–H and O–H groups in total. The van der Waals surface area contributed by atoms with Gasteiger partial charge in [0.2, 0.25) is 5.91 Å². The number of carbonyl (C=O) groups is 2. The van der Waals surface area contributed by atoms with Gasteiger partial charge >= 0.3 is 5.97 Å². The molecule has 0 fully saturated rings. The summed E-state index contributed by atoms with van der Waals surface area (Å²) in [5, 5.41) is 11.6. The van der Waals surface area contributed by atoms with Crippen LogP contribution >= 0.6 is 0 Å². The molecule has 0 radical (unpaired) electrons. The molecule has 1 amide bonds. The maximum atomic E-state index is 12.7. The molecule has 0 aromatic heterocycles. The zero-order valence-corrected chi connectivity index (χ0v) is 11.0. The number of carboxylic acid groups (broad SMARTS) is 1. The Bertz CT molecular complexity index is 445. The van der Waals surface area contributed by atoms with E-state index in [1.54, 1.807) is 6.92 Å². The first-order chi connectivity index (χ1) is 8.93. The van der Waals surface area contributed by atoms with E-state index in [0.717, 1.165) is 0 Å². The molecule has 0 aliphatic carbocycles. The maximum Gasteiger partial charge on any atom is 0.326 e. The summed E-state index contributed by atoms with van der Waals surface area (Å²) < 4.78 is 12.7. The molecule has 104 valence electrons. The van der Waals surface area contributed by atoms with Crippen LogP contribution in [-0.2, 0) is 16.0 Å². The van der Waals surface area contributed by atoms with Crippen molar-refractivity contribution >= 4 is 11.9 Å². The second kappa shape index (κ2) is 6.87. The lowest BCUT2D eigenvalue weighted by Gasteiger charge is -2.20. The number of nitrogens with one attached hydrogen (secondary N) is 1. The van der Waals surface area contributed by atoms with E-state index in [4.69, 9.17) is 5.11 Å². The van der Waals surface area contributed by atoms with Gasteiger partial charge in [-0.25, -0.2) is 9.18 Å². The Labute approximate surface area is 111 Å². The molecule has 1 rings (SSSR count). The molecule has 0 aliphatic rings. The van der Waals surface area contributed by atoms with Crippen LogP contribution in [0.3, 0.4) is 0 Å². The van der Waals surface area contributed by atoms with Gasteiger partial charge in [0, 0.05) is 0 Å². The first-order valence-corrected chi connectivity index (χ1v) is 6.20. The lowest BCUT2D eigenvalue weighted by atomic mass is 9.99. The van der Waals surface area contributed by atoms with Crippen molar-refractivity contribution in [1.82, 2.24) is 5.32 Å². The van der Waals surface area contributed by atoms with Crippen LogP contribution in [0.5, 0.6) is 0 Å². The molecule has 1 aromatic carbocycles. The van der Waals surface area contributed by atoms with Crippen molar-refractivity contribution in [3.63, 3.8) is 0 Å². The average Bonchev–Trinajstić information content (AvgIpc) is 2.37. The smallest absolute Gasteiger partial charge is 0.326 e. The first kappa shape index (κ1) is 15.1. The molecule has 0 aliphatic heterocycles. The molecule has 2 atom stereocenters. The predicted octanol–water partition coefficient (Wildman–Crippen LogP) is 1.98. The summed E-state index contributed by atoms with van der Waals surface area (Å²) in [4.78, 5) is 22.8. The molecule has 0 spiro atoms. The van der Waals surface area contributed by atoms with Crippen LogP contribution in [0.1, 0.15) is 25.8 Å². The van der Waals surface area contributed by atoms with E-state index < -0.39 is 12.0 Å². The third kappa shape index (κ3) is 4.69. The minimum Gasteiger partial charge on any atom is -0.480 e. The maximum absolute atomic E-state index is 12.7. The van der Waals surface area contributed by atoms with Crippen LogP contribution in [0.15, 0.2) is 24.3 Å². The number of amides is 1. The van der Waals surface area contributed by atoms with Gasteiger partial charge in [-0.1, -0.05) is 32.4 Å². The highest BCUT2D eigenvalue weighted by molar-refractivity contribution is 5.85. The van der Waals surface area contributed by atoms with Gasteiger partial charge in [-0.2, -0.15) is 0 Å². The summed E-state index contributed by atoms with van der Waals surface area (Å²) in [6.45, 7) is 3.64. The van der Waals surface area contributed by atoms with E-state index >= 15 is 0 Å². The Balaban J connectivity index is 2.62. The fraction of sp³-hybridized carbons (Fsp3) is 0.429. The third-order valence-electron chi connectivity index (χ3n) is 3.07. The van der Waals surface area contributed by atoms with Crippen molar-refractivity contribution in [3.8, 4) is 0 Å². The normalized spacial score (nSPS) is 13.6. The summed E-state index contributed by atoms with van der Waals surface area (Å²) in [6, 6.07) is 4.66. The minimum absolute atomic E-state index is 0.0422. The Morgan fingerprint density at radius 2 is 1.89 bits per heavy atom. The number of hydrogen-bond acceptors (Lipinski definition) is 2. The van der Waals surface area contributed by atoms with Crippen molar-refractivity contribution in [2.75, 3.05) is 0 Å². The number of rotatable bonds is 6. The van der Waals surface area contributed by atoms with Crippen LogP contribution < -0.4 is 5.32 Å². The number of halogens is 1. The van der Waals surface area contributed by atoms with Crippen molar-refractivity contribution in [2.45, 2.75) is 32.7 Å². The summed E-state index contributed by atoms with van der Waals surface area (Å²) in [6.07, 6.45) is 0.703. The molecule has 19 heavy (non-hydrogen) atoms. The number of carbonyl (C=O) groups excluding carboxylic acids is 1. The number of carboxylic acids is 1. The van der Waals surface area contributed by atoms with Crippen LogP contribution in [0.2, 0.25) is 0 Å². The Morgan fingerprint density at radius 1 is 1.32 bits per heavy atom. The Kier molecular flexibility index (Phi) is 5.48. The Morgan fingerprint density at radius 3 is 2.37 bits per heavy atom. The van der Waals surface area contributed by atoms with Gasteiger partial charge in [0.05, 0.1) is 6.42 Å². The topological polar surface area (TPSA) is 66.4 Å². The minimum atomic E-state index is -1.04. The van der Waals surface area contributed by atoms with Crippen LogP contribution in [-0.4, -0.2) is 23.0 Å². The average molecular weight is 267 g/mol. The van der Waals surface area contributed by atoms with E-state index in [-0.39, 0.29) is 24.1 Å². The molecule has 0 unspecified atom stereocenters. The zero-order chi connectivity index (χ0) is 14.4. The lowest BCUT2D eigenvalue weighted by molar-refractivity contribution is -0.143. The summed E-state index contributed by atoms with van der Waals surface area (Å²) >= 11 is 0. The van der Waals surface area contributed by atoms with Gasteiger partial charge in [-0.3, -0.25) is 4.79 Å². The Hall–Kier alpha value is -1.91. The molecule has 0 heterocycles. The third-order valence-corrected chi connectivity index (χ3v) is 3.07. The van der Waals surface area contributed by atoms with E-state index in [1.807, 2.05) is 6.92 Å². The summed E-state index contributed by atoms with van der Waals surface area (Å²) in [7, 11) is 0. The highest BCUT2D eigenvalue weighted by Crippen LogP contribution is 2.09. The van der Waals surface area contributed by atoms with Crippen LogP contribution in [0, 0.1) is 11.7 Å². The fourth-order valence-electron chi connectivity index (χ4n) is 1.70. The first-order valence-electron chi connectivity index (χ1n) is 6.20. The van der Waals surface area contributed by atoms with E-state index in [2.05, 4.69) is 5.32 Å². The molecular weight excluding hydrogens is 249 g/mol. The van der Waals surface area contributed by atoms with Crippen molar-refractivity contribution < 1.29 is 19.1 Å². The quantitative estimate of drug-likeness (QED) is 0.828. The molecule has 1 aromatic rings. The lowest BCUT2D eigenvalue weighted by Crippen LogP contribution is -2.45. The van der Waals surface area contributed by atoms with Gasteiger partial charge in [0.1, 0.15) is 11.9 Å². The van der Waals surface area contributed by atoms with E-state index in [9.17, 15) is 14.0 Å². The number of hydrogen-bond donors (Lipinski definition) is 2. The van der Waals surface area contributed by atoms with Crippen molar-refractivity contribution in [2.24, 2.45) is 5.92 Å². The highest BCUT2D eigenvalue weighted by Gasteiger charge is 2.25. The monoisotopic (exact) mass is 267 g/mol. The number of aliphatic carboxylic acids is 1. The van der Waals surface area contributed by atoms with E-state index in [1.165, 1.54) is 24.3 Å². The van der Waals surface area contributed by atoms with Gasteiger partial charge in [-0.05, 0) is 23.6 Å². The van der Waals surface area contributed by atoms with Gasteiger partial charge < -0.3 is 10.4 Å². The predicted molar refractivity (Wildman–Crippen MR) is 69.1 cm³/mol. The SMILES string of the molecule is CC[C@@H](C)[C@H](NC(=O)Cc1ccc(F)cc1)C(=O)O. The second-order valence-corrected chi connectivity index (χ2v) is 4.57. The molecule has 0 saturated carbocycles. The van der Waals surface area contributed by atoms with Gasteiger partial charge in [0.25, 0.3) is 0 Å². The van der Waals surface area contributed by atoms with Crippen LogP contribution in [0.25, 0.3) is 0 Å².